The summed E-state index contributed by atoms with van der Waals surface area (Å²) >= 11 is 0. The first-order valence-electron chi connectivity index (χ1n) is 5.21. The van der Waals surface area contributed by atoms with Crippen LogP contribution in [0.5, 0.6) is 5.75 Å². The molecule has 0 atom stereocenters. The third-order valence-corrected chi connectivity index (χ3v) is 2.26. The van der Waals surface area contributed by atoms with Gasteiger partial charge in [-0.2, -0.15) is 13.2 Å². The third kappa shape index (κ3) is 4.48. The van der Waals surface area contributed by atoms with E-state index < -0.39 is 54.0 Å². The van der Waals surface area contributed by atoms with Crippen molar-refractivity contribution in [2.75, 3.05) is 0 Å². The number of carbonyl (C=O) groups is 1. The van der Waals surface area contributed by atoms with Gasteiger partial charge in [0.1, 0.15) is 0 Å². The Hall–Kier alpha value is -2.04. The number of halogens is 6. The van der Waals surface area contributed by atoms with E-state index in [4.69, 9.17) is 10.8 Å². The molecule has 1 aromatic heterocycles. The van der Waals surface area contributed by atoms with Gasteiger partial charge in [0.05, 0.1) is 17.7 Å². The molecule has 5 nitrogen and oxygen atoms in total. The first-order chi connectivity index (χ1) is 9.45. The fourth-order valence-electron chi connectivity index (χ4n) is 1.53. The Morgan fingerprint density at radius 1 is 1.29 bits per heavy atom. The first-order valence-corrected chi connectivity index (χ1v) is 5.21. The molecular weight excluding hydrogens is 310 g/mol. The highest BCUT2D eigenvalue weighted by molar-refractivity contribution is 5.71. The summed E-state index contributed by atoms with van der Waals surface area (Å²) in [4.78, 5) is 13.6. The van der Waals surface area contributed by atoms with Crippen molar-refractivity contribution >= 4 is 5.97 Å². The standard InChI is InChI=1S/C10H8F6N2O3/c11-9(12,13)5-3-18-6(1-7(19)20)8(4(5)2-17)21-10(14,15)16/h3H,1-2,17H2,(H,19,20). The molecule has 0 unspecified atom stereocenters. The zero-order chi connectivity index (χ0) is 16.4. The molecule has 0 aliphatic carbocycles. The SMILES string of the molecule is NCc1c(C(F)(F)F)cnc(CC(=O)O)c1OC(F)(F)F. The maximum atomic E-state index is 12.7. The van der Waals surface area contributed by atoms with Gasteiger partial charge in [-0.3, -0.25) is 9.78 Å². The van der Waals surface area contributed by atoms with Gasteiger partial charge >= 0.3 is 18.5 Å². The minimum Gasteiger partial charge on any atom is -0.481 e. The molecule has 0 saturated heterocycles. The molecular formula is C10H8F6N2O3. The second-order valence-electron chi connectivity index (χ2n) is 3.75. The van der Waals surface area contributed by atoms with Crippen molar-refractivity contribution < 1.29 is 41.0 Å². The predicted octanol–water partition coefficient (Wildman–Crippen LogP) is 2.08. The summed E-state index contributed by atoms with van der Waals surface area (Å²) in [6.45, 7) is -0.935. The Bertz CT molecular complexity index is 541. The van der Waals surface area contributed by atoms with Crippen LogP contribution in [0.2, 0.25) is 0 Å². The van der Waals surface area contributed by atoms with Crippen LogP contribution < -0.4 is 10.5 Å². The van der Waals surface area contributed by atoms with Gasteiger partial charge in [-0.25, -0.2) is 0 Å². The molecule has 0 bridgehead atoms. The average Bonchev–Trinajstić information content (AvgIpc) is 2.26. The molecule has 1 rings (SSSR count). The van der Waals surface area contributed by atoms with Crippen molar-refractivity contribution in [3.05, 3.63) is 23.0 Å². The Balaban J connectivity index is 3.52. The maximum Gasteiger partial charge on any atom is 0.573 e. The summed E-state index contributed by atoms with van der Waals surface area (Å²) < 4.78 is 78.4. The van der Waals surface area contributed by atoms with E-state index in [0.29, 0.717) is 0 Å². The molecule has 1 heterocycles. The van der Waals surface area contributed by atoms with Gasteiger partial charge in [0.15, 0.2) is 5.75 Å². The molecule has 11 heteroatoms. The van der Waals surface area contributed by atoms with Gasteiger partial charge in [-0.05, 0) is 0 Å². The fraction of sp³-hybridized carbons (Fsp3) is 0.400. The van der Waals surface area contributed by atoms with Gasteiger partial charge in [0, 0.05) is 18.3 Å². The van der Waals surface area contributed by atoms with Gasteiger partial charge in [0.25, 0.3) is 0 Å². The minimum atomic E-state index is -5.32. The van der Waals surface area contributed by atoms with Gasteiger partial charge in [-0.15, -0.1) is 13.2 Å². The van der Waals surface area contributed by atoms with Gasteiger partial charge < -0.3 is 15.6 Å². The molecule has 1 aromatic rings. The van der Waals surface area contributed by atoms with Gasteiger partial charge in [-0.1, -0.05) is 0 Å². The minimum absolute atomic E-state index is 0.226. The van der Waals surface area contributed by atoms with Crippen LogP contribution >= 0.6 is 0 Å². The number of hydrogen-bond donors (Lipinski definition) is 2. The lowest BCUT2D eigenvalue weighted by atomic mass is 10.1. The van der Waals surface area contributed by atoms with E-state index in [0.717, 1.165) is 0 Å². The predicted molar refractivity (Wildman–Crippen MR) is 55.2 cm³/mol. The molecule has 21 heavy (non-hydrogen) atoms. The summed E-state index contributed by atoms with van der Waals surface area (Å²) in [5.74, 6) is -2.92. The van der Waals surface area contributed by atoms with Crippen LogP contribution in [0.4, 0.5) is 26.3 Å². The zero-order valence-electron chi connectivity index (χ0n) is 10.0. The normalized spacial score (nSPS) is 12.3. The van der Waals surface area contributed by atoms with Crippen molar-refractivity contribution in [1.29, 1.82) is 0 Å². The Morgan fingerprint density at radius 2 is 1.86 bits per heavy atom. The van der Waals surface area contributed by atoms with Crippen molar-refractivity contribution in [3.8, 4) is 5.75 Å². The molecule has 0 saturated carbocycles. The fourth-order valence-corrected chi connectivity index (χ4v) is 1.53. The van der Waals surface area contributed by atoms with Crippen LogP contribution in [0.1, 0.15) is 16.8 Å². The number of carboxylic acid groups (broad SMARTS) is 1. The van der Waals surface area contributed by atoms with Crippen LogP contribution in [0.25, 0.3) is 0 Å². The zero-order valence-corrected chi connectivity index (χ0v) is 10.0. The molecule has 3 N–H and O–H groups in total. The molecule has 0 amide bonds. The number of ether oxygens (including phenoxy) is 1. The largest absolute Gasteiger partial charge is 0.573 e. The summed E-state index contributed by atoms with van der Waals surface area (Å²) in [7, 11) is 0. The molecule has 0 fully saturated rings. The topological polar surface area (TPSA) is 85.4 Å². The Labute approximate surface area is 113 Å². The second-order valence-corrected chi connectivity index (χ2v) is 3.75. The van der Waals surface area contributed by atoms with Crippen LogP contribution in [0, 0.1) is 0 Å². The van der Waals surface area contributed by atoms with Crippen molar-refractivity contribution in [1.82, 2.24) is 4.98 Å². The highest BCUT2D eigenvalue weighted by atomic mass is 19.4. The third-order valence-electron chi connectivity index (χ3n) is 2.26. The highest BCUT2D eigenvalue weighted by Gasteiger charge is 2.39. The number of pyridine rings is 1. The molecule has 0 aliphatic rings. The maximum absolute atomic E-state index is 12.7. The highest BCUT2D eigenvalue weighted by Crippen LogP contribution is 2.38. The molecule has 0 aromatic carbocycles. The number of carboxylic acids is 1. The van der Waals surface area contributed by atoms with Crippen molar-refractivity contribution in [2.24, 2.45) is 5.73 Å². The number of nitrogens with two attached hydrogens (primary N) is 1. The molecule has 118 valence electrons. The summed E-state index contributed by atoms with van der Waals surface area (Å²) in [5.41, 5.74) is 1.72. The Kier molecular flexibility index (Phi) is 4.66. The van der Waals surface area contributed by atoms with E-state index in [2.05, 4.69) is 9.72 Å². The summed E-state index contributed by atoms with van der Waals surface area (Å²) in [5, 5.41) is 8.55. The molecule has 0 spiro atoms. The summed E-state index contributed by atoms with van der Waals surface area (Å²) in [6.07, 6.45) is -11.1. The number of aliphatic carboxylic acids is 1. The van der Waals surface area contributed by atoms with E-state index >= 15 is 0 Å². The number of aromatic nitrogens is 1. The summed E-state index contributed by atoms with van der Waals surface area (Å²) in [6, 6.07) is 0. The van der Waals surface area contributed by atoms with Crippen molar-refractivity contribution in [2.45, 2.75) is 25.5 Å². The quantitative estimate of drug-likeness (QED) is 0.830. The lowest BCUT2D eigenvalue weighted by molar-refractivity contribution is -0.275. The first kappa shape index (κ1) is 17.0. The lowest BCUT2D eigenvalue weighted by Crippen LogP contribution is -2.23. The monoisotopic (exact) mass is 318 g/mol. The number of rotatable bonds is 4. The van der Waals surface area contributed by atoms with E-state index in [-0.39, 0.29) is 6.20 Å². The number of nitrogens with zero attached hydrogens (tertiary/aromatic N) is 1. The van der Waals surface area contributed by atoms with E-state index in [1.807, 2.05) is 0 Å². The smallest absolute Gasteiger partial charge is 0.481 e. The molecule has 0 aliphatic heterocycles. The van der Waals surface area contributed by atoms with Crippen LogP contribution in [-0.2, 0) is 23.9 Å². The lowest BCUT2D eigenvalue weighted by Gasteiger charge is -2.19. The average molecular weight is 318 g/mol. The Morgan fingerprint density at radius 3 is 2.24 bits per heavy atom. The van der Waals surface area contributed by atoms with E-state index in [9.17, 15) is 31.1 Å². The van der Waals surface area contributed by atoms with Crippen molar-refractivity contribution in [3.63, 3.8) is 0 Å². The number of alkyl halides is 6. The van der Waals surface area contributed by atoms with E-state index in [1.54, 1.807) is 0 Å². The second kappa shape index (κ2) is 5.76. The van der Waals surface area contributed by atoms with Crippen LogP contribution in [0.3, 0.4) is 0 Å². The van der Waals surface area contributed by atoms with Crippen LogP contribution in [0.15, 0.2) is 6.20 Å². The van der Waals surface area contributed by atoms with Gasteiger partial charge in [0.2, 0.25) is 0 Å². The van der Waals surface area contributed by atoms with E-state index in [1.165, 1.54) is 0 Å². The van der Waals surface area contributed by atoms with Crippen LogP contribution in [-0.4, -0.2) is 22.4 Å². The molecule has 0 radical (unpaired) electrons. The number of hydrogen-bond acceptors (Lipinski definition) is 4.